The molecule has 2 aromatic carbocycles. The van der Waals surface area contributed by atoms with E-state index < -0.39 is 0 Å². The van der Waals surface area contributed by atoms with E-state index in [2.05, 4.69) is 0 Å². The quantitative estimate of drug-likeness (QED) is 0.696. The number of benzene rings is 2. The van der Waals surface area contributed by atoms with E-state index >= 15 is 0 Å². The maximum atomic E-state index is 12.8. The summed E-state index contributed by atoms with van der Waals surface area (Å²) >= 11 is 6.20. The van der Waals surface area contributed by atoms with Gasteiger partial charge in [-0.25, -0.2) is 0 Å². The van der Waals surface area contributed by atoms with Gasteiger partial charge in [0.15, 0.2) is 11.5 Å². The number of carbonyl (C=O) groups is 1. The largest absolute Gasteiger partial charge is 0.497 e. The van der Waals surface area contributed by atoms with Crippen LogP contribution in [0.2, 0.25) is 5.02 Å². The van der Waals surface area contributed by atoms with Gasteiger partial charge in [-0.1, -0.05) is 23.7 Å². The number of methoxy groups -OCH3 is 1. The van der Waals surface area contributed by atoms with Crippen LogP contribution in [0.3, 0.4) is 0 Å². The lowest BCUT2D eigenvalue weighted by atomic mass is 10.1. The van der Waals surface area contributed by atoms with Crippen LogP contribution < -0.4 is 14.2 Å². The molecular formula is C21H20ClNO4. The zero-order valence-electron chi connectivity index (χ0n) is 15.0. The lowest BCUT2D eigenvalue weighted by Crippen LogP contribution is -2.31. The number of amides is 1. The molecule has 1 aliphatic heterocycles. The topological polar surface area (TPSA) is 48.0 Å². The molecule has 4 rings (SSSR count). The van der Waals surface area contributed by atoms with Crippen molar-refractivity contribution < 1.29 is 19.0 Å². The standard InChI is InChI=1S/C21H20ClNO4/c1-25-17-7-2-14(3-8-17)12-23(16-5-6-16)20(24)9-4-15-10-18(22)21-19(11-15)26-13-27-21/h2-4,7-11,16H,5-6,12-13H2,1H3/b9-4+. The van der Waals surface area contributed by atoms with E-state index in [9.17, 15) is 4.79 Å². The van der Waals surface area contributed by atoms with E-state index in [1.165, 1.54) is 0 Å². The molecular weight excluding hydrogens is 366 g/mol. The molecule has 0 radical (unpaired) electrons. The SMILES string of the molecule is COc1ccc(CN(C(=O)/C=C/c2cc(Cl)c3c(c2)OCO3)C2CC2)cc1. The molecule has 1 heterocycles. The van der Waals surface area contributed by atoms with Crippen molar-refractivity contribution in [2.24, 2.45) is 0 Å². The highest BCUT2D eigenvalue weighted by molar-refractivity contribution is 6.32. The van der Waals surface area contributed by atoms with Gasteiger partial charge in [0.05, 0.1) is 12.1 Å². The number of hydrogen-bond acceptors (Lipinski definition) is 4. The number of rotatable bonds is 6. The second-order valence-electron chi connectivity index (χ2n) is 6.62. The van der Waals surface area contributed by atoms with Gasteiger partial charge in [-0.2, -0.15) is 0 Å². The van der Waals surface area contributed by atoms with Gasteiger partial charge in [-0.05, 0) is 54.3 Å². The fourth-order valence-corrected chi connectivity index (χ4v) is 3.32. The summed E-state index contributed by atoms with van der Waals surface area (Å²) in [5, 5.41) is 0.481. The summed E-state index contributed by atoms with van der Waals surface area (Å²) in [6, 6.07) is 11.7. The summed E-state index contributed by atoms with van der Waals surface area (Å²) in [7, 11) is 1.64. The molecule has 0 atom stereocenters. The Morgan fingerprint density at radius 1 is 1.26 bits per heavy atom. The van der Waals surface area contributed by atoms with Crippen LogP contribution in [-0.4, -0.2) is 30.8 Å². The van der Waals surface area contributed by atoms with Gasteiger partial charge in [0, 0.05) is 18.7 Å². The van der Waals surface area contributed by atoms with Gasteiger partial charge in [0.1, 0.15) is 5.75 Å². The highest BCUT2D eigenvalue weighted by atomic mass is 35.5. The third-order valence-corrected chi connectivity index (χ3v) is 4.93. The van der Waals surface area contributed by atoms with E-state index in [4.69, 9.17) is 25.8 Å². The minimum Gasteiger partial charge on any atom is -0.497 e. The van der Waals surface area contributed by atoms with Crippen LogP contribution in [0.25, 0.3) is 6.08 Å². The minimum atomic E-state index is -0.0119. The van der Waals surface area contributed by atoms with E-state index in [1.54, 1.807) is 25.3 Å². The van der Waals surface area contributed by atoms with Crippen LogP contribution in [-0.2, 0) is 11.3 Å². The summed E-state index contributed by atoms with van der Waals surface area (Å²) < 4.78 is 15.9. The molecule has 0 aromatic heterocycles. The minimum absolute atomic E-state index is 0.0119. The van der Waals surface area contributed by atoms with Crippen LogP contribution >= 0.6 is 11.6 Å². The fraction of sp³-hybridized carbons (Fsp3) is 0.286. The van der Waals surface area contributed by atoms with Gasteiger partial charge in [0.25, 0.3) is 0 Å². The number of ether oxygens (including phenoxy) is 3. The van der Waals surface area contributed by atoms with Crippen LogP contribution in [0.1, 0.15) is 24.0 Å². The summed E-state index contributed by atoms with van der Waals surface area (Å²) in [5.41, 5.74) is 1.88. The molecule has 1 aliphatic carbocycles. The Labute approximate surface area is 163 Å². The van der Waals surface area contributed by atoms with Crippen LogP contribution in [0.15, 0.2) is 42.5 Å². The second-order valence-corrected chi connectivity index (χ2v) is 7.02. The number of fused-ring (bicyclic) bond motifs is 1. The van der Waals surface area contributed by atoms with Crippen molar-refractivity contribution in [3.63, 3.8) is 0 Å². The molecule has 27 heavy (non-hydrogen) atoms. The molecule has 0 N–H and O–H groups in total. The van der Waals surface area contributed by atoms with Crippen molar-refractivity contribution in [3.05, 3.63) is 58.6 Å². The van der Waals surface area contributed by atoms with Gasteiger partial charge < -0.3 is 19.1 Å². The van der Waals surface area contributed by atoms with E-state index in [0.717, 1.165) is 29.7 Å². The lowest BCUT2D eigenvalue weighted by molar-refractivity contribution is -0.127. The number of nitrogens with zero attached hydrogens (tertiary/aromatic N) is 1. The molecule has 2 aliphatic rings. The van der Waals surface area contributed by atoms with Crippen molar-refractivity contribution in [1.82, 2.24) is 4.90 Å². The van der Waals surface area contributed by atoms with Crippen LogP contribution in [0, 0.1) is 0 Å². The smallest absolute Gasteiger partial charge is 0.247 e. The first kappa shape index (κ1) is 17.7. The summed E-state index contributed by atoms with van der Waals surface area (Å²) in [6.07, 6.45) is 5.45. The third kappa shape index (κ3) is 4.03. The van der Waals surface area contributed by atoms with Gasteiger partial charge >= 0.3 is 0 Å². The monoisotopic (exact) mass is 385 g/mol. The Balaban J connectivity index is 1.47. The molecule has 1 saturated carbocycles. The molecule has 1 amide bonds. The van der Waals surface area contributed by atoms with Crippen molar-refractivity contribution in [3.8, 4) is 17.2 Å². The fourth-order valence-electron chi connectivity index (χ4n) is 3.05. The summed E-state index contributed by atoms with van der Waals surface area (Å²) in [6.45, 7) is 0.748. The van der Waals surface area contributed by atoms with Crippen LogP contribution in [0.5, 0.6) is 17.2 Å². The molecule has 0 bridgehead atoms. The average molecular weight is 386 g/mol. The molecule has 6 heteroatoms. The zero-order chi connectivity index (χ0) is 18.8. The van der Waals surface area contributed by atoms with Crippen molar-refractivity contribution in [2.45, 2.75) is 25.4 Å². The Kier molecular flexibility index (Phi) is 4.94. The number of carbonyl (C=O) groups excluding carboxylic acids is 1. The number of hydrogen-bond donors (Lipinski definition) is 0. The molecule has 0 unspecified atom stereocenters. The van der Waals surface area contributed by atoms with Crippen molar-refractivity contribution in [1.29, 1.82) is 0 Å². The van der Waals surface area contributed by atoms with E-state index in [0.29, 0.717) is 29.1 Å². The first-order valence-corrected chi connectivity index (χ1v) is 9.22. The van der Waals surface area contributed by atoms with E-state index in [-0.39, 0.29) is 12.7 Å². The third-order valence-electron chi connectivity index (χ3n) is 4.65. The van der Waals surface area contributed by atoms with Crippen molar-refractivity contribution >= 4 is 23.6 Å². The molecule has 0 saturated heterocycles. The highest BCUT2D eigenvalue weighted by Crippen LogP contribution is 2.40. The summed E-state index contributed by atoms with van der Waals surface area (Å²) in [5.74, 6) is 1.95. The second kappa shape index (κ2) is 7.53. The predicted molar refractivity (Wildman–Crippen MR) is 103 cm³/mol. The lowest BCUT2D eigenvalue weighted by Gasteiger charge is -2.21. The first-order chi connectivity index (χ1) is 13.1. The molecule has 2 aromatic rings. The normalized spacial score (nSPS) is 15.2. The van der Waals surface area contributed by atoms with Gasteiger partial charge in [-0.3, -0.25) is 4.79 Å². The zero-order valence-corrected chi connectivity index (χ0v) is 15.7. The highest BCUT2D eigenvalue weighted by Gasteiger charge is 2.31. The predicted octanol–water partition coefficient (Wildman–Crippen LogP) is 4.28. The Bertz CT molecular complexity index is 874. The molecule has 140 valence electrons. The molecule has 5 nitrogen and oxygen atoms in total. The van der Waals surface area contributed by atoms with Gasteiger partial charge in [0.2, 0.25) is 12.7 Å². The average Bonchev–Trinajstić information content (AvgIpc) is 3.41. The van der Waals surface area contributed by atoms with Crippen LogP contribution in [0.4, 0.5) is 0 Å². The Morgan fingerprint density at radius 3 is 2.74 bits per heavy atom. The maximum Gasteiger partial charge on any atom is 0.247 e. The van der Waals surface area contributed by atoms with Crippen molar-refractivity contribution in [2.75, 3.05) is 13.9 Å². The molecule has 1 fully saturated rings. The van der Waals surface area contributed by atoms with Gasteiger partial charge in [-0.15, -0.1) is 0 Å². The Hall–Kier alpha value is -2.66. The maximum absolute atomic E-state index is 12.8. The summed E-state index contributed by atoms with van der Waals surface area (Å²) in [4.78, 5) is 14.7. The number of halogens is 1. The first-order valence-electron chi connectivity index (χ1n) is 8.85. The molecule has 0 spiro atoms. The Morgan fingerprint density at radius 2 is 2.04 bits per heavy atom. The van der Waals surface area contributed by atoms with E-state index in [1.807, 2.05) is 35.2 Å².